The van der Waals surface area contributed by atoms with Crippen LogP contribution < -0.4 is 5.63 Å². The van der Waals surface area contributed by atoms with E-state index in [-0.39, 0.29) is 5.63 Å². The fourth-order valence-corrected chi connectivity index (χ4v) is 3.71. The lowest BCUT2D eigenvalue weighted by Crippen LogP contribution is -2.02. The largest absolute Gasteiger partial charge is 0.421 e. The Bertz CT molecular complexity index is 1070. The van der Waals surface area contributed by atoms with Gasteiger partial charge in [-0.25, -0.2) is 4.79 Å². The molecule has 0 bridgehead atoms. The molecule has 0 spiro atoms. The zero-order valence-corrected chi connectivity index (χ0v) is 13.4. The van der Waals surface area contributed by atoms with Crippen LogP contribution in [0.3, 0.4) is 0 Å². The van der Waals surface area contributed by atoms with Crippen molar-refractivity contribution in [1.82, 2.24) is 0 Å². The van der Waals surface area contributed by atoms with Crippen molar-refractivity contribution in [3.8, 4) is 11.3 Å². The highest BCUT2D eigenvalue weighted by molar-refractivity contribution is 7.99. The fraction of sp³-hybridized carbons (Fsp3) is 0.0500. The molecule has 3 aromatic carbocycles. The highest BCUT2D eigenvalue weighted by Gasteiger charge is 2.16. The number of hydrogen-bond donors (Lipinski definition) is 0. The van der Waals surface area contributed by atoms with Crippen molar-refractivity contribution in [3.05, 3.63) is 77.2 Å². The van der Waals surface area contributed by atoms with Crippen LogP contribution in [0.4, 0.5) is 0 Å². The fourth-order valence-electron chi connectivity index (χ4n) is 2.98. The summed E-state index contributed by atoms with van der Waals surface area (Å²) < 4.78 is 5.73. The molecule has 4 aromatic rings. The maximum Gasteiger partial charge on any atom is 0.344 e. The van der Waals surface area contributed by atoms with Crippen molar-refractivity contribution in [2.75, 3.05) is 6.26 Å². The third kappa shape index (κ3) is 2.25. The topological polar surface area (TPSA) is 30.2 Å². The lowest BCUT2D eigenvalue weighted by atomic mass is 10.0. The summed E-state index contributed by atoms with van der Waals surface area (Å²) in [6, 6.07) is 21.8. The SMILES string of the molecule is CSc1c(-c2cccc3ccccc23)oc(=O)c2ccccc12. The minimum Gasteiger partial charge on any atom is -0.421 e. The normalized spacial score (nSPS) is 11.2. The van der Waals surface area contributed by atoms with Crippen molar-refractivity contribution < 1.29 is 4.42 Å². The zero-order valence-electron chi connectivity index (χ0n) is 12.6. The van der Waals surface area contributed by atoms with Gasteiger partial charge in [0.05, 0.1) is 10.3 Å². The molecule has 112 valence electrons. The highest BCUT2D eigenvalue weighted by atomic mass is 32.2. The second-order valence-electron chi connectivity index (χ2n) is 5.32. The number of fused-ring (bicyclic) bond motifs is 2. The van der Waals surface area contributed by atoms with Gasteiger partial charge < -0.3 is 4.42 Å². The maximum absolute atomic E-state index is 12.4. The third-order valence-electron chi connectivity index (χ3n) is 4.03. The standard InChI is InChI=1S/C20H14O2S/c1-23-19-16-10-4-5-11-17(16)20(21)22-18(19)15-12-6-8-13-7-2-3-9-14(13)15/h2-12H,1H3. The molecule has 1 heterocycles. The van der Waals surface area contributed by atoms with Gasteiger partial charge in [0.15, 0.2) is 5.76 Å². The molecule has 0 N–H and O–H groups in total. The Balaban J connectivity index is 2.15. The van der Waals surface area contributed by atoms with E-state index in [1.54, 1.807) is 11.8 Å². The summed E-state index contributed by atoms with van der Waals surface area (Å²) in [7, 11) is 0. The van der Waals surface area contributed by atoms with E-state index < -0.39 is 0 Å². The minimum absolute atomic E-state index is 0.290. The van der Waals surface area contributed by atoms with Gasteiger partial charge in [0, 0.05) is 10.9 Å². The van der Waals surface area contributed by atoms with Crippen LogP contribution in [0, 0.1) is 0 Å². The lowest BCUT2D eigenvalue weighted by Gasteiger charge is -2.11. The molecule has 0 fully saturated rings. The van der Waals surface area contributed by atoms with Crippen molar-refractivity contribution in [1.29, 1.82) is 0 Å². The first-order chi connectivity index (χ1) is 11.3. The average Bonchev–Trinajstić information content (AvgIpc) is 2.61. The van der Waals surface area contributed by atoms with Gasteiger partial charge >= 0.3 is 5.63 Å². The molecule has 0 aliphatic rings. The number of rotatable bonds is 2. The molecule has 4 rings (SSSR count). The Morgan fingerprint density at radius 2 is 1.43 bits per heavy atom. The second-order valence-corrected chi connectivity index (χ2v) is 6.14. The molecule has 23 heavy (non-hydrogen) atoms. The van der Waals surface area contributed by atoms with Crippen LogP contribution in [0.2, 0.25) is 0 Å². The van der Waals surface area contributed by atoms with Crippen LogP contribution >= 0.6 is 11.8 Å². The molecule has 0 aliphatic heterocycles. The van der Waals surface area contributed by atoms with Gasteiger partial charge in [-0.3, -0.25) is 0 Å². The molecule has 0 amide bonds. The number of benzene rings is 3. The van der Waals surface area contributed by atoms with Crippen LogP contribution in [-0.2, 0) is 0 Å². The summed E-state index contributed by atoms with van der Waals surface area (Å²) in [4.78, 5) is 13.4. The molecule has 0 saturated carbocycles. The van der Waals surface area contributed by atoms with Crippen molar-refractivity contribution in [2.45, 2.75) is 4.90 Å². The third-order valence-corrected chi connectivity index (χ3v) is 4.84. The van der Waals surface area contributed by atoms with Crippen molar-refractivity contribution in [3.63, 3.8) is 0 Å². The van der Waals surface area contributed by atoms with Gasteiger partial charge in [-0.1, -0.05) is 60.7 Å². The van der Waals surface area contributed by atoms with Gasteiger partial charge in [0.2, 0.25) is 0 Å². The Kier molecular flexibility index (Phi) is 3.43. The van der Waals surface area contributed by atoms with Crippen molar-refractivity contribution in [2.24, 2.45) is 0 Å². The zero-order chi connectivity index (χ0) is 15.8. The Hall–Kier alpha value is -2.52. The van der Waals surface area contributed by atoms with E-state index in [2.05, 4.69) is 18.2 Å². The smallest absolute Gasteiger partial charge is 0.344 e. The minimum atomic E-state index is -0.290. The first kappa shape index (κ1) is 14.1. The van der Waals surface area contributed by atoms with E-state index in [4.69, 9.17) is 4.42 Å². The lowest BCUT2D eigenvalue weighted by molar-refractivity contribution is 0.526. The molecule has 0 saturated heterocycles. The first-order valence-corrected chi connectivity index (χ1v) is 8.60. The summed E-state index contributed by atoms with van der Waals surface area (Å²) in [5.74, 6) is 0.651. The van der Waals surface area contributed by atoms with Crippen LogP contribution in [0.1, 0.15) is 0 Å². The van der Waals surface area contributed by atoms with Crippen molar-refractivity contribution >= 4 is 33.3 Å². The van der Waals surface area contributed by atoms with E-state index in [9.17, 15) is 4.79 Å². The Morgan fingerprint density at radius 3 is 2.22 bits per heavy atom. The van der Waals surface area contributed by atoms with Gasteiger partial charge in [0.25, 0.3) is 0 Å². The Labute approximate surface area is 137 Å². The predicted molar refractivity (Wildman–Crippen MR) is 97.2 cm³/mol. The quantitative estimate of drug-likeness (QED) is 0.468. The molecular weight excluding hydrogens is 304 g/mol. The van der Waals surface area contributed by atoms with Gasteiger partial charge in [-0.2, -0.15) is 0 Å². The molecule has 3 heteroatoms. The molecule has 2 nitrogen and oxygen atoms in total. The number of hydrogen-bond acceptors (Lipinski definition) is 3. The number of thioether (sulfide) groups is 1. The summed E-state index contributed by atoms with van der Waals surface area (Å²) in [5.41, 5.74) is 0.664. The summed E-state index contributed by atoms with van der Waals surface area (Å²) in [6.07, 6.45) is 2.01. The van der Waals surface area contributed by atoms with Gasteiger partial charge in [-0.05, 0) is 23.1 Å². The van der Waals surface area contributed by atoms with E-state index in [0.29, 0.717) is 11.1 Å². The molecule has 0 atom stereocenters. The summed E-state index contributed by atoms with van der Waals surface area (Å²) in [5, 5.41) is 3.79. The summed E-state index contributed by atoms with van der Waals surface area (Å²) in [6.45, 7) is 0. The van der Waals surface area contributed by atoms with E-state index in [0.717, 1.165) is 26.6 Å². The molecular formula is C20H14O2S. The molecule has 1 aromatic heterocycles. The summed E-state index contributed by atoms with van der Waals surface area (Å²) >= 11 is 1.60. The van der Waals surface area contributed by atoms with Crippen LogP contribution in [-0.4, -0.2) is 6.26 Å². The van der Waals surface area contributed by atoms with Gasteiger partial charge in [-0.15, -0.1) is 11.8 Å². The Morgan fingerprint density at radius 1 is 0.783 bits per heavy atom. The highest BCUT2D eigenvalue weighted by Crippen LogP contribution is 2.37. The monoisotopic (exact) mass is 318 g/mol. The first-order valence-electron chi connectivity index (χ1n) is 7.37. The van der Waals surface area contributed by atoms with E-state index >= 15 is 0 Å². The van der Waals surface area contributed by atoms with Crippen LogP contribution in [0.15, 0.2) is 80.8 Å². The van der Waals surface area contributed by atoms with Crippen LogP contribution in [0.5, 0.6) is 0 Å². The molecule has 0 radical (unpaired) electrons. The maximum atomic E-state index is 12.4. The van der Waals surface area contributed by atoms with E-state index in [1.807, 2.05) is 54.8 Å². The molecule has 0 unspecified atom stereocenters. The van der Waals surface area contributed by atoms with Gasteiger partial charge in [0.1, 0.15) is 0 Å². The second kappa shape index (κ2) is 5.60. The van der Waals surface area contributed by atoms with E-state index in [1.165, 1.54) is 0 Å². The predicted octanol–water partition coefficient (Wildman–Crippen LogP) is 5.34. The molecule has 0 aliphatic carbocycles. The average molecular weight is 318 g/mol. The van der Waals surface area contributed by atoms with Crippen LogP contribution in [0.25, 0.3) is 32.9 Å².